The van der Waals surface area contributed by atoms with Crippen molar-refractivity contribution in [3.8, 4) is 0 Å². The molecule has 0 aromatic rings. The first-order valence-electron chi connectivity index (χ1n) is 6.76. The molecule has 9 atom stereocenters. The summed E-state index contributed by atoms with van der Waals surface area (Å²) in [6.45, 7) is 1.68. The van der Waals surface area contributed by atoms with E-state index in [4.69, 9.17) is 9.47 Å². The quantitative estimate of drug-likeness (QED) is 0.632. The van der Waals surface area contributed by atoms with Crippen molar-refractivity contribution in [2.45, 2.75) is 17.0 Å². The van der Waals surface area contributed by atoms with E-state index >= 15 is 0 Å². The molecule has 1 heterocycles. The molecule has 3 heteroatoms. The van der Waals surface area contributed by atoms with Crippen molar-refractivity contribution in [3.63, 3.8) is 0 Å². The van der Waals surface area contributed by atoms with Gasteiger partial charge in [-0.3, -0.25) is 0 Å². The summed E-state index contributed by atoms with van der Waals surface area (Å²) in [4.78, 5) is 0.791. The summed E-state index contributed by atoms with van der Waals surface area (Å²) in [6, 6.07) is 0. The number of hydrogen-bond acceptors (Lipinski definition) is 2. The van der Waals surface area contributed by atoms with E-state index in [2.05, 4.69) is 15.9 Å². The molecule has 0 N–H and O–H groups in total. The van der Waals surface area contributed by atoms with Crippen LogP contribution < -0.4 is 0 Å². The Morgan fingerprint density at radius 3 is 2.38 bits per heavy atom. The van der Waals surface area contributed by atoms with Crippen LogP contribution in [0.5, 0.6) is 0 Å². The highest BCUT2D eigenvalue weighted by Gasteiger charge is 2.88. The lowest BCUT2D eigenvalue weighted by Gasteiger charge is -2.32. The van der Waals surface area contributed by atoms with Crippen molar-refractivity contribution in [2.24, 2.45) is 47.3 Å². The maximum absolute atomic E-state index is 6.17. The molecule has 0 aromatic carbocycles. The van der Waals surface area contributed by atoms with Crippen LogP contribution in [0.4, 0.5) is 0 Å². The van der Waals surface area contributed by atoms with Crippen molar-refractivity contribution >= 4 is 15.9 Å². The molecule has 16 heavy (non-hydrogen) atoms. The summed E-state index contributed by atoms with van der Waals surface area (Å²) in [6.07, 6.45) is 1.49. The highest BCUT2D eigenvalue weighted by atomic mass is 79.9. The third kappa shape index (κ3) is 0.537. The van der Waals surface area contributed by atoms with Gasteiger partial charge in [0.05, 0.1) is 13.2 Å². The van der Waals surface area contributed by atoms with Gasteiger partial charge in [-0.15, -0.1) is 0 Å². The van der Waals surface area contributed by atoms with Crippen LogP contribution in [0, 0.1) is 47.3 Å². The second kappa shape index (κ2) is 2.17. The average molecular weight is 283 g/mol. The highest BCUT2D eigenvalue weighted by molar-refractivity contribution is 9.09. The molecular formula is C13H15BrO2. The van der Waals surface area contributed by atoms with Crippen LogP contribution in [0.2, 0.25) is 0 Å². The van der Waals surface area contributed by atoms with E-state index in [0.717, 1.165) is 65.4 Å². The molecule has 0 aromatic heterocycles. The van der Waals surface area contributed by atoms with Crippen LogP contribution in [-0.4, -0.2) is 23.8 Å². The number of halogens is 1. The SMILES string of the molecule is Br[C@H]1[C@@H]2[C@@H]3[C@@H]4C[C@H]5[C@@H]([C@@H]14)[C@@H]2C1(OCCO1)[C@@H]53. The zero-order valence-electron chi connectivity index (χ0n) is 9.01. The summed E-state index contributed by atoms with van der Waals surface area (Å²) in [5.74, 6) is 7.19. The van der Waals surface area contributed by atoms with Crippen molar-refractivity contribution in [2.75, 3.05) is 13.2 Å². The largest absolute Gasteiger partial charge is 0.347 e. The molecule has 7 fully saturated rings. The molecule has 6 bridgehead atoms. The van der Waals surface area contributed by atoms with Gasteiger partial charge in [0.15, 0.2) is 5.79 Å². The first-order valence-corrected chi connectivity index (χ1v) is 7.68. The molecule has 7 rings (SSSR count). The van der Waals surface area contributed by atoms with Gasteiger partial charge < -0.3 is 9.47 Å². The minimum absolute atomic E-state index is 0.101. The van der Waals surface area contributed by atoms with E-state index in [0.29, 0.717) is 0 Å². The van der Waals surface area contributed by atoms with E-state index in [1.807, 2.05) is 0 Å². The second-order valence-electron chi connectivity index (χ2n) is 6.79. The Labute approximate surface area is 103 Å². The van der Waals surface area contributed by atoms with Gasteiger partial charge in [-0.25, -0.2) is 0 Å². The molecule has 6 aliphatic carbocycles. The number of hydrogen-bond donors (Lipinski definition) is 0. The van der Waals surface area contributed by atoms with Crippen LogP contribution in [-0.2, 0) is 9.47 Å². The smallest absolute Gasteiger partial charge is 0.175 e. The molecule has 6 saturated carbocycles. The van der Waals surface area contributed by atoms with Gasteiger partial charge in [-0.2, -0.15) is 0 Å². The van der Waals surface area contributed by atoms with Crippen LogP contribution >= 0.6 is 15.9 Å². The minimum atomic E-state index is -0.101. The molecule has 86 valence electrons. The van der Waals surface area contributed by atoms with E-state index in [9.17, 15) is 0 Å². The van der Waals surface area contributed by atoms with Crippen LogP contribution in [0.15, 0.2) is 0 Å². The maximum atomic E-state index is 6.17. The third-order valence-corrected chi connectivity index (χ3v) is 8.25. The van der Waals surface area contributed by atoms with Crippen LogP contribution in [0.25, 0.3) is 0 Å². The number of alkyl halides is 1. The summed E-state index contributed by atoms with van der Waals surface area (Å²) >= 11 is 4.01. The lowest BCUT2D eigenvalue weighted by atomic mass is 9.71. The van der Waals surface area contributed by atoms with Crippen LogP contribution in [0.1, 0.15) is 6.42 Å². The first-order chi connectivity index (χ1) is 7.84. The summed E-state index contributed by atoms with van der Waals surface area (Å²) < 4.78 is 12.3. The van der Waals surface area contributed by atoms with Crippen molar-refractivity contribution in [1.82, 2.24) is 0 Å². The molecular weight excluding hydrogens is 268 g/mol. The monoisotopic (exact) mass is 282 g/mol. The molecule has 1 saturated heterocycles. The van der Waals surface area contributed by atoms with Crippen molar-refractivity contribution < 1.29 is 9.47 Å². The van der Waals surface area contributed by atoms with Gasteiger partial charge >= 0.3 is 0 Å². The zero-order chi connectivity index (χ0) is 10.2. The van der Waals surface area contributed by atoms with Gasteiger partial charge in [-0.05, 0) is 41.9 Å². The van der Waals surface area contributed by atoms with Gasteiger partial charge in [-0.1, -0.05) is 15.9 Å². The van der Waals surface area contributed by atoms with E-state index in [-0.39, 0.29) is 5.79 Å². The van der Waals surface area contributed by atoms with Gasteiger partial charge in [0.1, 0.15) is 0 Å². The predicted octanol–water partition coefficient (Wildman–Crippen LogP) is 1.88. The van der Waals surface area contributed by atoms with Gasteiger partial charge in [0.2, 0.25) is 0 Å². The minimum Gasteiger partial charge on any atom is -0.347 e. The average Bonchev–Trinajstić information content (AvgIpc) is 3.01. The molecule has 2 nitrogen and oxygen atoms in total. The normalized spacial score (nSPS) is 74.4. The fourth-order valence-corrected chi connectivity index (χ4v) is 8.77. The van der Waals surface area contributed by atoms with E-state index in [1.165, 1.54) is 6.42 Å². The number of ether oxygens (including phenoxy) is 2. The topological polar surface area (TPSA) is 18.5 Å². The molecule has 0 amide bonds. The summed E-state index contributed by atoms with van der Waals surface area (Å²) in [7, 11) is 0. The molecule has 0 unspecified atom stereocenters. The maximum Gasteiger partial charge on any atom is 0.175 e. The lowest BCUT2D eigenvalue weighted by molar-refractivity contribution is -0.195. The van der Waals surface area contributed by atoms with Crippen molar-refractivity contribution in [3.05, 3.63) is 0 Å². The Kier molecular flexibility index (Phi) is 1.15. The molecule has 0 radical (unpaired) electrons. The fraction of sp³-hybridized carbons (Fsp3) is 1.00. The van der Waals surface area contributed by atoms with E-state index < -0.39 is 0 Å². The highest BCUT2D eigenvalue weighted by Crippen LogP contribution is 2.87. The Morgan fingerprint density at radius 1 is 0.875 bits per heavy atom. The summed E-state index contributed by atoms with van der Waals surface area (Å²) in [5, 5.41) is 0. The van der Waals surface area contributed by atoms with E-state index in [1.54, 1.807) is 0 Å². The van der Waals surface area contributed by atoms with Crippen LogP contribution in [0.3, 0.4) is 0 Å². The number of rotatable bonds is 0. The Morgan fingerprint density at radius 2 is 1.62 bits per heavy atom. The predicted molar refractivity (Wildman–Crippen MR) is 59.9 cm³/mol. The Hall–Kier alpha value is 0.400. The van der Waals surface area contributed by atoms with Gasteiger partial charge in [0.25, 0.3) is 0 Å². The lowest BCUT2D eigenvalue weighted by Crippen LogP contribution is -2.37. The molecule has 1 spiro atoms. The fourth-order valence-electron chi connectivity index (χ4n) is 7.35. The van der Waals surface area contributed by atoms with Crippen molar-refractivity contribution in [1.29, 1.82) is 0 Å². The Bertz CT molecular complexity index is 403. The third-order valence-electron chi connectivity index (χ3n) is 7.02. The second-order valence-corrected chi connectivity index (χ2v) is 7.84. The zero-order valence-corrected chi connectivity index (χ0v) is 10.6. The van der Waals surface area contributed by atoms with Gasteiger partial charge in [0, 0.05) is 16.7 Å². The standard InChI is InChI=1S/C13H15BrO2/c14-12-8-4-3-5-7(8)11-9(12)6(4)10(5)13(11)15-1-2-16-13/h4-12H,1-3H2/t4-,5-,6-,7-,8-,9+,10-,11-,12+/m0/s1. The molecule has 7 aliphatic rings. The molecule has 1 aliphatic heterocycles. The Balaban J connectivity index is 1.65. The first kappa shape index (κ1) is 8.49. The summed E-state index contributed by atoms with van der Waals surface area (Å²) in [5.41, 5.74) is 0.